The van der Waals surface area contributed by atoms with Gasteiger partial charge >= 0.3 is 0 Å². The molecule has 2 heterocycles. The summed E-state index contributed by atoms with van der Waals surface area (Å²) in [6, 6.07) is 6.04. The van der Waals surface area contributed by atoms with E-state index in [0.29, 0.717) is 5.02 Å². The van der Waals surface area contributed by atoms with E-state index < -0.39 is 0 Å². The molecule has 1 aromatic carbocycles. The van der Waals surface area contributed by atoms with Crippen molar-refractivity contribution < 1.29 is 4.74 Å². The van der Waals surface area contributed by atoms with Crippen LogP contribution < -0.4 is 5.32 Å². The molecule has 2 N–H and O–H groups in total. The smallest absolute Gasteiger partial charge is 0.123 e. The van der Waals surface area contributed by atoms with Gasteiger partial charge in [-0.25, -0.2) is 4.98 Å². The number of hydrogen-bond acceptors (Lipinski definition) is 3. The van der Waals surface area contributed by atoms with Gasteiger partial charge in [-0.05, 0) is 18.6 Å². The van der Waals surface area contributed by atoms with Gasteiger partial charge in [0, 0.05) is 23.7 Å². The Balaban J connectivity index is 1.83. The first-order chi connectivity index (χ1) is 9.67. The van der Waals surface area contributed by atoms with Crippen molar-refractivity contribution in [3.8, 4) is 11.3 Å². The van der Waals surface area contributed by atoms with E-state index in [2.05, 4.69) is 31.2 Å². The summed E-state index contributed by atoms with van der Waals surface area (Å²) in [5, 5.41) is 4.10. The first-order valence-electron chi connectivity index (χ1n) is 6.44. The highest BCUT2D eigenvalue weighted by Gasteiger charge is 2.27. The molecule has 1 aliphatic rings. The quantitative estimate of drug-likeness (QED) is 0.884. The molecule has 4 nitrogen and oxygen atoms in total. The molecule has 3 rings (SSSR count). The largest absolute Gasteiger partial charge is 0.380 e. The minimum absolute atomic E-state index is 0.211. The molecule has 0 aliphatic carbocycles. The number of nitrogens with one attached hydrogen (secondary N) is 2. The zero-order valence-corrected chi connectivity index (χ0v) is 13.3. The number of benzene rings is 1. The summed E-state index contributed by atoms with van der Waals surface area (Å²) < 4.78 is 6.32. The van der Waals surface area contributed by atoms with Crippen molar-refractivity contribution in [2.75, 3.05) is 13.7 Å². The molecule has 0 saturated carbocycles. The van der Waals surface area contributed by atoms with Crippen LogP contribution in [0.2, 0.25) is 5.02 Å². The van der Waals surface area contributed by atoms with Crippen LogP contribution in [0, 0.1) is 0 Å². The molecule has 2 aromatic rings. The van der Waals surface area contributed by atoms with Gasteiger partial charge in [0.15, 0.2) is 0 Å². The second-order valence-electron chi connectivity index (χ2n) is 4.86. The fourth-order valence-corrected chi connectivity index (χ4v) is 3.22. The molecular formula is C14H15BrClN3O. The summed E-state index contributed by atoms with van der Waals surface area (Å²) in [6.45, 7) is 0.857. The predicted octanol–water partition coefficient (Wildman–Crippen LogP) is 3.54. The van der Waals surface area contributed by atoms with E-state index in [0.717, 1.165) is 34.5 Å². The summed E-state index contributed by atoms with van der Waals surface area (Å²) >= 11 is 9.67. The number of hydrogen-bond donors (Lipinski definition) is 2. The van der Waals surface area contributed by atoms with Crippen molar-refractivity contribution in [3.05, 3.63) is 39.7 Å². The molecule has 0 amide bonds. The number of halogens is 2. The zero-order valence-electron chi connectivity index (χ0n) is 11.0. The Kier molecular flexibility index (Phi) is 4.12. The first-order valence-corrected chi connectivity index (χ1v) is 7.61. The lowest BCUT2D eigenvalue weighted by atomic mass is 10.1. The van der Waals surface area contributed by atoms with Crippen LogP contribution in [0.4, 0.5) is 0 Å². The lowest BCUT2D eigenvalue weighted by Gasteiger charge is -2.07. The third kappa shape index (κ3) is 2.76. The van der Waals surface area contributed by atoms with Crippen molar-refractivity contribution in [1.29, 1.82) is 0 Å². The predicted molar refractivity (Wildman–Crippen MR) is 82.9 cm³/mol. The van der Waals surface area contributed by atoms with Gasteiger partial charge in [0.1, 0.15) is 5.82 Å². The standard InChI is InChI=1S/C14H15BrClN3O/c1-20-9-5-12(17-6-9)14-18-7-13(19-14)10-3-2-8(15)4-11(10)16/h2-4,7,9,12,17H,5-6H2,1H3,(H,18,19). The van der Waals surface area contributed by atoms with Crippen LogP contribution in [-0.4, -0.2) is 29.7 Å². The molecule has 0 radical (unpaired) electrons. The Hall–Kier alpha value is -0.880. The number of aromatic amines is 1. The third-order valence-electron chi connectivity index (χ3n) is 3.57. The van der Waals surface area contributed by atoms with Crippen molar-refractivity contribution in [1.82, 2.24) is 15.3 Å². The number of ether oxygens (including phenoxy) is 1. The minimum Gasteiger partial charge on any atom is -0.380 e. The second kappa shape index (κ2) is 5.85. The maximum atomic E-state index is 6.27. The van der Waals surface area contributed by atoms with Gasteiger partial charge in [-0.2, -0.15) is 0 Å². The zero-order chi connectivity index (χ0) is 14.1. The summed E-state index contributed by atoms with van der Waals surface area (Å²) in [5.74, 6) is 0.929. The molecule has 106 valence electrons. The number of rotatable bonds is 3. The monoisotopic (exact) mass is 355 g/mol. The molecule has 1 aliphatic heterocycles. The topological polar surface area (TPSA) is 49.9 Å². The Morgan fingerprint density at radius 3 is 3.00 bits per heavy atom. The average molecular weight is 357 g/mol. The van der Waals surface area contributed by atoms with E-state index in [1.807, 2.05) is 24.4 Å². The van der Waals surface area contributed by atoms with Crippen LogP contribution in [0.1, 0.15) is 18.3 Å². The highest BCUT2D eigenvalue weighted by Crippen LogP contribution is 2.31. The van der Waals surface area contributed by atoms with Crippen molar-refractivity contribution >= 4 is 27.5 Å². The fourth-order valence-electron chi connectivity index (χ4n) is 2.45. The second-order valence-corrected chi connectivity index (χ2v) is 6.18. The molecule has 1 saturated heterocycles. The minimum atomic E-state index is 0.211. The molecule has 0 spiro atoms. The highest BCUT2D eigenvalue weighted by atomic mass is 79.9. The summed E-state index contributed by atoms with van der Waals surface area (Å²) in [4.78, 5) is 7.81. The molecule has 2 atom stereocenters. The highest BCUT2D eigenvalue weighted by molar-refractivity contribution is 9.10. The number of H-pyrrole nitrogens is 1. The van der Waals surface area contributed by atoms with Crippen molar-refractivity contribution in [3.63, 3.8) is 0 Å². The summed E-state index contributed by atoms with van der Waals surface area (Å²) in [5.41, 5.74) is 1.88. The van der Waals surface area contributed by atoms with E-state index in [4.69, 9.17) is 16.3 Å². The van der Waals surface area contributed by atoms with Crippen LogP contribution >= 0.6 is 27.5 Å². The number of nitrogens with zero attached hydrogens (tertiary/aromatic N) is 1. The van der Waals surface area contributed by atoms with Gasteiger partial charge in [-0.15, -0.1) is 0 Å². The molecule has 1 fully saturated rings. The molecule has 6 heteroatoms. The van der Waals surface area contributed by atoms with E-state index >= 15 is 0 Å². The third-order valence-corrected chi connectivity index (χ3v) is 4.38. The average Bonchev–Trinajstić information content (AvgIpc) is 3.07. The Morgan fingerprint density at radius 1 is 1.45 bits per heavy atom. The van der Waals surface area contributed by atoms with E-state index in [1.165, 1.54) is 0 Å². The van der Waals surface area contributed by atoms with Gasteiger partial charge in [0.05, 0.1) is 29.1 Å². The van der Waals surface area contributed by atoms with Gasteiger partial charge in [-0.1, -0.05) is 33.6 Å². The first kappa shape index (κ1) is 14.1. The van der Waals surface area contributed by atoms with Crippen molar-refractivity contribution in [2.24, 2.45) is 0 Å². The maximum absolute atomic E-state index is 6.27. The van der Waals surface area contributed by atoms with E-state index in [1.54, 1.807) is 7.11 Å². The Bertz CT molecular complexity index is 616. The van der Waals surface area contributed by atoms with Gasteiger partial charge in [-0.3, -0.25) is 0 Å². The fraction of sp³-hybridized carbons (Fsp3) is 0.357. The Morgan fingerprint density at radius 2 is 2.30 bits per heavy atom. The maximum Gasteiger partial charge on any atom is 0.123 e. The van der Waals surface area contributed by atoms with Crippen molar-refractivity contribution in [2.45, 2.75) is 18.6 Å². The van der Waals surface area contributed by atoms with Crippen LogP contribution in [0.25, 0.3) is 11.3 Å². The molecular weight excluding hydrogens is 342 g/mol. The lowest BCUT2D eigenvalue weighted by Crippen LogP contribution is -2.16. The van der Waals surface area contributed by atoms with Crippen LogP contribution in [-0.2, 0) is 4.74 Å². The Labute approximate surface area is 131 Å². The van der Waals surface area contributed by atoms with Crippen LogP contribution in [0.15, 0.2) is 28.9 Å². The van der Waals surface area contributed by atoms with Gasteiger partial charge < -0.3 is 15.0 Å². The lowest BCUT2D eigenvalue weighted by molar-refractivity contribution is 0.117. The summed E-state index contributed by atoms with van der Waals surface area (Å²) in [6.07, 6.45) is 3.01. The van der Waals surface area contributed by atoms with E-state index in [-0.39, 0.29) is 12.1 Å². The van der Waals surface area contributed by atoms with Crippen LogP contribution in [0.3, 0.4) is 0 Å². The number of methoxy groups -OCH3 is 1. The van der Waals surface area contributed by atoms with Gasteiger partial charge in [0.2, 0.25) is 0 Å². The van der Waals surface area contributed by atoms with Gasteiger partial charge in [0.25, 0.3) is 0 Å². The molecule has 0 bridgehead atoms. The molecule has 20 heavy (non-hydrogen) atoms. The summed E-state index contributed by atoms with van der Waals surface area (Å²) in [7, 11) is 1.74. The normalized spacial score (nSPS) is 22.4. The van der Waals surface area contributed by atoms with E-state index in [9.17, 15) is 0 Å². The number of imidazole rings is 1. The van der Waals surface area contributed by atoms with Crippen LogP contribution in [0.5, 0.6) is 0 Å². The molecule has 2 unspecified atom stereocenters. The SMILES string of the molecule is COC1CNC(c2ncc(-c3ccc(Br)cc3Cl)[nH]2)C1. The number of aromatic nitrogens is 2. The molecule has 1 aromatic heterocycles.